The number of thiophene rings is 1. The first-order valence-corrected chi connectivity index (χ1v) is 10.3. The van der Waals surface area contributed by atoms with E-state index in [1.165, 1.54) is 15.0 Å². The number of aromatic amines is 1. The summed E-state index contributed by atoms with van der Waals surface area (Å²) in [7, 11) is 0. The summed E-state index contributed by atoms with van der Waals surface area (Å²) in [4.78, 5) is 23.7. The lowest BCUT2D eigenvalue weighted by Gasteiger charge is -2.27. The van der Waals surface area contributed by atoms with E-state index in [1.54, 1.807) is 29.7 Å². The second kappa shape index (κ2) is 6.74. The standard InChI is InChI=1S/C20H16BrN3O2S/c21-18-12-4-1-2-6-16(12)27-17(18)11-24-8-7-14-13(10-24)20(25)23-19(22-14)15-5-3-9-26-15/h1-6,9H,7-8,10-11H2,(H,22,23,25). The SMILES string of the molecule is O=c1[nH]c(-c2ccco2)nc2c1CN(Cc1sc3ccccc3c1Br)CC2. The summed E-state index contributed by atoms with van der Waals surface area (Å²) in [6.45, 7) is 2.30. The Bertz CT molecular complexity index is 1180. The van der Waals surface area contributed by atoms with Gasteiger partial charge in [-0.05, 0) is 34.1 Å². The molecule has 0 atom stereocenters. The third-order valence-corrected chi connectivity index (χ3v) is 7.19. The molecule has 5 nitrogen and oxygen atoms in total. The minimum absolute atomic E-state index is 0.0773. The molecule has 1 aliphatic heterocycles. The normalized spacial score (nSPS) is 14.6. The lowest BCUT2D eigenvalue weighted by molar-refractivity contribution is 0.243. The summed E-state index contributed by atoms with van der Waals surface area (Å²) in [5.41, 5.74) is 1.55. The smallest absolute Gasteiger partial charge is 0.256 e. The molecule has 7 heteroatoms. The van der Waals surface area contributed by atoms with Crippen LogP contribution in [0.1, 0.15) is 16.1 Å². The van der Waals surface area contributed by atoms with Crippen LogP contribution in [0.5, 0.6) is 0 Å². The quantitative estimate of drug-likeness (QED) is 0.505. The van der Waals surface area contributed by atoms with E-state index in [4.69, 9.17) is 4.42 Å². The fourth-order valence-corrected chi connectivity index (χ4v) is 5.50. The highest BCUT2D eigenvalue weighted by molar-refractivity contribution is 9.10. The van der Waals surface area contributed by atoms with Gasteiger partial charge in [-0.1, -0.05) is 18.2 Å². The fourth-order valence-electron chi connectivity index (χ4n) is 3.52. The van der Waals surface area contributed by atoms with Crippen molar-refractivity contribution < 1.29 is 4.42 Å². The van der Waals surface area contributed by atoms with E-state index in [-0.39, 0.29) is 5.56 Å². The summed E-state index contributed by atoms with van der Waals surface area (Å²) >= 11 is 5.55. The highest BCUT2D eigenvalue weighted by Gasteiger charge is 2.23. The monoisotopic (exact) mass is 441 g/mol. The Hall–Kier alpha value is -2.22. The molecule has 0 radical (unpaired) electrons. The molecule has 27 heavy (non-hydrogen) atoms. The number of nitrogens with zero attached hydrogens (tertiary/aromatic N) is 2. The molecule has 3 aromatic heterocycles. The maximum absolute atomic E-state index is 12.6. The molecule has 0 bridgehead atoms. The molecule has 1 aromatic carbocycles. The van der Waals surface area contributed by atoms with Crippen LogP contribution in [0.25, 0.3) is 21.7 Å². The van der Waals surface area contributed by atoms with Crippen LogP contribution in [-0.4, -0.2) is 21.4 Å². The first-order chi connectivity index (χ1) is 13.2. The number of benzene rings is 1. The second-order valence-electron chi connectivity index (χ2n) is 6.61. The van der Waals surface area contributed by atoms with Crippen LogP contribution in [0.2, 0.25) is 0 Å². The van der Waals surface area contributed by atoms with E-state index >= 15 is 0 Å². The van der Waals surface area contributed by atoms with Crippen LogP contribution in [-0.2, 0) is 19.5 Å². The minimum Gasteiger partial charge on any atom is -0.461 e. The van der Waals surface area contributed by atoms with Gasteiger partial charge in [-0.15, -0.1) is 11.3 Å². The molecule has 136 valence electrons. The van der Waals surface area contributed by atoms with E-state index in [1.807, 2.05) is 0 Å². The molecular formula is C20H16BrN3O2S. The number of aromatic nitrogens is 2. The number of hydrogen-bond donors (Lipinski definition) is 1. The number of H-pyrrole nitrogens is 1. The van der Waals surface area contributed by atoms with Gasteiger partial charge in [0.25, 0.3) is 5.56 Å². The summed E-state index contributed by atoms with van der Waals surface area (Å²) in [5, 5.41) is 1.25. The lowest BCUT2D eigenvalue weighted by Crippen LogP contribution is -2.35. The largest absolute Gasteiger partial charge is 0.461 e. The van der Waals surface area contributed by atoms with Gasteiger partial charge in [-0.3, -0.25) is 9.69 Å². The van der Waals surface area contributed by atoms with Crippen molar-refractivity contribution in [2.24, 2.45) is 0 Å². The average Bonchev–Trinajstić information content (AvgIpc) is 3.32. The molecule has 1 N–H and O–H groups in total. The Morgan fingerprint density at radius 1 is 1.26 bits per heavy atom. The molecular weight excluding hydrogens is 426 g/mol. The van der Waals surface area contributed by atoms with Crippen LogP contribution in [0.3, 0.4) is 0 Å². The van der Waals surface area contributed by atoms with Crippen molar-refractivity contribution >= 4 is 37.4 Å². The zero-order valence-electron chi connectivity index (χ0n) is 14.4. The van der Waals surface area contributed by atoms with E-state index in [2.05, 4.69) is 55.1 Å². The van der Waals surface area contributed by atoms with Gasteiger partial charge in [0, 0.05) is 45.5 Å². The molecule has 0 saturated carbocycles. The number of hydrogen-bond acceptors (Lipinski definition) is 5. The third kappa shape index (κ3) is 3.05. The average molecular weight is 442 g/mol. The first kappa shape index (κ1) is 16.9. The molecule has 4 aromatic rings. The van der Waals surface area contributed by atoms with Crippen molar-refractivity contribution in [1.29, 1.82) is 0 Å². The Morgan fingerprint density at radius 2 is 2.15 bits per heavy atom. The Labute approximate surface area is 167 Å². The topological polar surface area (TPSA) is 62.1 Å². The van der Waals surface area contributed by atoms with Crippen molar-refractivity contribution in [1.82, 2.24) is 14.9 Å². The van der Waals surface area contributed by atoms with Gasteiger partial charge in [0.1, 0.15) is 0 Å². The third-order valence-electron chi connectivity index (χ3n) is 4.87. The lowest BCUT2D eigenvalue weighted by atomic mass is 10.1. The van der Waals surface area contributed by atoms with Gasteiger partial charge in [0.2, 0.25) is 0 Å². The van der Waals surface area contributed by atoms with Crippen molar-refractivity contribution in [2.75, 3.05) is 6.54 Å². The summed E-state index contributed by atoms with van der Waals surface area (Å²) in [6, 6.07) is 12.0. The second-order valence-corrected chi connectivity index (χ2v) is 8.54. The maximum Gasteiger partial charge on any atom is 0.256 e. The number of halogens is 1. The van der Waals surface area contributed by atoms with Crippen molar-refractivity contribution in [2.45, 2.75) is 19.5 Å². The number of furan rings is 1. The molecule has 0 fully saturated rings. The predicted molar refractivity (Wildman–Crippen MR) is 110 cm³/mol. The van der Waals surface area contributed by atoms with Crippen LogP contribution < -0.4 is 5.56 Å². The van der Waals surface area contributed by atoms with Gasteiger partial charge in [0.15, 0.2) is 11.6 Å². The number of rotatable bonds is 3. The Balaban J connectivity index is 1.42. The van der Waals surface area contributed by atoms with Gasteiger partial charge >= 0.3 is 0 Å². The van der Waals surface area contributed by atoms with Gasteiger partial charge in [0.05, 0.1) is 17.5 Å². The minimum atomic E-state index is -0.0773. The molecule has 0 saturated heterocycles. The summed E-state index contributed by atoms with van der Waals surface area (Å²) in [6.07, 6.45) is 2.34. The molecule has 0 spiro atoms. The van der Waals surface area contributed by atoms with Crippen LogP contribution in [0.4, 0.5) is 0 Å². The van der Waals surface area contributed by atoms with Gasteiger partial charge < -0.3 is 9.40 Å². The molecule has 0 amide bonds. The first-order valence-electron chi connectivity index (χ1n) is 8.73. The van der Waals surface area contributed by atoms with E-state index in [9.17, 15) is 4.79 Å². The number of fused-ring (bicyclic) bond motifs is 2. The Kier molecular flexibility index (Phi) is 4.22. The molecule has 1 aliphatic rings. The van der Waals surface area contributed by atoms with Crippen molar-refractivity contribution in [3.63, 3.8) is 0 Å². The van der Waals surface area contributed by atoms with Crippen LogP contribution >= 0.6 is 27.3 Å². The zero-order valence-corrected chi connectivity index (χ0v) is 16.8. The highest BCUT2D eigenvalue weighted by atomic mass is 79.9. The van der Waals surface area contributed by atoms with Gasteiger partial charge in [-0.2, -0.15) is 0 Å². The Morgan fingerprint density at radius 3 is 2.96 bits per heavy atom. The van der Waals surface area contributed by atoms with E-state index in [0.717, 1.165) is 35.2 Å². The highest BCUT2D eigenvalue weighted by Crippen LogP contribution is 2.36. The predicted octanol–water partition coefficient (Wildman–Crippen LogP) is 4.57. The summed E-state index contributed by atoms with van der Waals surface area (Å²) in [5.74, 6) is 1.09. The number of nitrogens with one attached hydrogen (secondary N) is 1. The summed E-state index contributed by atoms with van der Waals surface area (Å²) < 4.78 is 7.80. The van der Waals surface area contributed by atoms with E-state index in [0.29, 0.717) is 18.1 Å². The van der Waals surface area contributed by atoms with Gasteiger partial charge in [-0.25, -0.2) is 4.98 Å². The zero-order chi connectivity index (χ0) is 18.4. The molecule has 0 aliphatic carbocycles. The van der Waals surface area contributed by atoms with Crippen molar-refractivity contribution in [3.8, 4) is 11.6 Å². The van der Waals surface area contributed by atoms with Crippen LogP contribution in [0, 0.1) is 0 Å². The fraction of sp³-hybridized carbons (Fsp3) is 0.200. The maximum atomic E-state index is 12.6. The van der Waals surface area contributed by atoms with Crippen LogP contribution in [0.15, 0.2) is 56.3 Å². The molecule has 0 unspecified atom stereocenters. The van der Waals surface area contributed by atoms with Crippen molar-refractivity contribution in [3.05, 3.63) is 73.6 Å². The van der Waals surface area contributed by atoms with E-state index < -0.39 is 0 Å². The molecule has 4 heterocycles. The molecule has 5 rings (SSSR count).